The van der Waals surface area contributed by atoms with Crippen LogP contribution in [0.25, 0.3) is 121 Å². The van der Waals surface area contributed by atoms with Crippen LogP contribution in [0.1, 0.15) is 5.56 Å². The monoisotopic (exact) mass is 929 g/mol. The molecule has 0 saturated carbocycles. The van der Waals surface area contributed by atoms with Crippen LogP contribution in [-0.2, 0) is 0 Å². The molecule has 0 aliphatic carbocycles. The van der Waals surface area contributed by atoms with Crippen LogP contribution in [0.2, 0.25) is 0 Å². The second-order valence-corrected chi connectivity index (χ2v) is 17.8. The van der Waals surface area contributed by atoms with Gasteiger partial charge in [0.1, 0.15) is 0 Å². The molecule has 0 radical (unpaired) electrons. The molecule has 0 N–H and O–H groups in total. The van der Waals surface area contributed by atoms with E-state index in [1.165, 1.54) is 12.1 Å². The lowest BCUT2D eigenvalue weighted by Crippen LogP contribution is -2.10. The topological polar surface area (TPSA) is 43.5 Å². The van der Waals surface area contributed by atoms with Crippen molar-refractivity contribution in [1.82, 2.24) is 18.3 Å². The molecule has 336 valence electrons. The van der Waals surface area contributed by atoms with Crippen molar-refractivity contribution < 1.29 is 22.0 Å². The number of benzene rings is 10. The number of hydrogen-bond donors (Lipinski definition) is 0. The van der Waals surface area contributed by atoms with Crippen molar-refractivity contribution in [3.05, 3.63) is 229 Å². The van der Waals surface area contributed by atoms with Gasteiger partial charge in [0.15, 0.2) is 23.3 Å². The Labute approximate surface area is 399 Å². The summed E-state index contributed by atoms with van der Waals surface area (Å²) in [5.74, 6) is -10.5. The van der Waals surface area contributed by atoms with Crippen LogP contribution in [0.4, 0.5) is 22.0 Å². The summed E-state index contributed by atoms with van der Waals surface area (Å²) in [5, 5.41) is 18.2. The van der Waals surface area contributed by atoms with E-state index in [1.54, 1.807) is 9.13 Å². The van der Waals surface area contributed by atoms with Crippen LogP contribution < -0.4 is 0 Å². The van der Waals surface area contributed by atoms with Crippen LogP contribution >= 0.6 is 0 Å². The van der Waals surface area contributed by atoms with Crippen molar-refractivity contribution >= 4 is 87.2 Å². The zero-order valence-corrected chi connectivity index (χ0v) is 37.1. The van der Waals surface area contributed by atoms with Crippen LogP contribution in [-0.4, -0.2) is 18.3 Å². The SMILES string of the molecule is N#Cc1cc(-n2c3ccccc3c3ccc(-n4c5ccccc5c5ccccc54)cc32)c(-c2c(F)c(F)c(F)c(F)c2F)c(-n2c3ccccc3c3ccc(-n4c5ccccc5c5ccccc54)cc32)c1. The molecule has 14 rings (SSSR count). The second kappa shape index (κ2) is 15.0. The minimum atomic E-state index is -2.28. The number of aromatic nitrogens is 4. The van der Waals surface area contributed by atoms with Crippen LogP contribution in [0, 0.1) is 40.4 Å². The van der Waals surface area contributed by atoms with Gasteiger partial charge in [-0.1, -0.05) is 121 Å². The van der Waals surface area contributed by atoms with E-state index >= 15 is 22.0 Å². The highest BCUT2D eigenvalue weighted by atomic mass is 19.2. The predicted molar refractivity (Wildman–Crippen MR) is 274 cm³/mol. The van der Waals surface area contributed by atoms with Gasteiger partial charge in [0.05, 0.1) is 72.7 Å². The molecule has 0 saturated heterocycles. The van der Waals surface area contributed by atoms with Gasteiger partial charge in [-0.25, -0.2) is 22.0 Å². The first-order valence-electron chi connectivity index (χ1n) is 22.9. The number of nitrogens with zero attached hydrogens (tertiary/aromatic N) is 5. The van der Waals surface area contributed by atoms with Gasteiger partial charge in [-0.3, -0.25) is 0 Å². The first-order chi connectivity index (χ1) is 34.8. The average Bonchev–Trinajstić information content (AvgIpc) is 4.14. The lowest BCUT2D eigenvalue weighted by Gasteiger charge is -2.22. The summed E-state index contributed by atoms with van der Waals surface area (Å²) >= 11 is 0. The Balaban J connectivity index is 1.15. The minimum absolute atomic E-state index is 0.0253. The Morgan fingerprint density at radius 2 is 0.563 bits per heavy atom. The summed E-state index contributed by atoms with van der Waals surface area (Å²) in [5.41, 5.74) is 6.24. The van der Waals surface area contributed by atoms with Gasteiger partial charge in [-0.15, -0.1) is 0 Å². The lowest BCUT2D eigenvalue weighted by atomic mass is 9.96. The van der Waals surface area contributed by atoms with Gasteiger partial charge in [0, 0.05) is 60.0 Å². The van der Waals surface area contributed by atoms with E-state index < -0.39 is 34.6 Å². The maximum Gasteiger partial charge on any atom is 0.200 e. The molecular formula is C61H32F5N5. The number of para-hydroxylation sites is 6. The normalized spacial score (nSPS) is 12.0. The van der Waals surface area contributed by atoms with Gasteiger partial charge in [-0.2, -0.15) is 5.26 Å². The first kappa shape index (κ1) is 40.6. The third-order valence-electron chi connectivity index (χ3n) is 14.2. The van der Waals surface area contributed by atoms with Gasteiger partial charge in [-0.05, 0) is 72.8 Å². The Morgan fingerprint density at radius 3 is 0.887 bits per heavy atom. The maximum absolute atomic E-state index is 17.1. The fraction of sp³-hybridized carbons (Fsp3) is 0. The fourth-order valence-corrected chi connectivity index (χ4v) is 11.2. The Morgan fingerprint density at radius 1 is 0.282 bits per heavy atom. The third kappa shape index (κ3) is 5.60. The van der Waals surface area contributed by atoms with E-state index in [9.17, 15) is 5.26 Å². The fourth-order valence-electron chi connectivity index (χ4n) is 11.2. The predicted octanol–water partition coefficient (Wildman–Crippen LogP) is 16.3. The summed E-state index contributed by atoms with van der Waals surface area (Å²) in [7, 11) is 0. The standard InChI is InChI=1S/C61H32F5N5/c62-57-56(58(63)60(65)61(66)59(57)64)55-53(70-49-23-11-5-17-41(49)43-27-25-35(31-51(43)70)68-45-19-7-1-13-37(45)38-14-2-8-20-46(38)68)29-34(33-67)30-54(55)71-50-24-12-6-18-42(50)44-28-26-36(32-52(44)71)69-47-21-9-3-15-39(47)40-16-4-10-22-48(40)69/h1-32H. The highest BCUT2D eigenvalue weighted by Crippen LogP contribution is 2.46. The third-order valence-corrected chi connectivity index (χ3v) is 14.2. The molecule has 71 heavy (non-hydrogen) atoms. The molecule has 0 spiro atoms. The molecule has 0 amide bonds. The van der Waals surface area contributed by atoms with Crippen molar-refractivity contribution in [1.29, 1.82) is 5.26 Å². The van der Waals surface area contributed by atoms with Crippen molar-refractivity contribution in [2.24, 2.45) is 0 Å². The van der Waals surface area contributed by atoms with Gasteiger partial charge >= 0.3 is 0 Å². The summed E-state index contributed by atoms with van der Waals surface area (Å²) in [6.07, 6.45) is 0. The van der Waals surface area contributed by atoms with Gasteiger partial charge in [0.25, 0.3) is 0 Å². The quantitative estimate of drug-likeness (QED) is 0.0963. The molecule has 4 heterocycles. The van der Waals surface area contributed by atoms with E-state index in [0.29, 0.717) is 22.1 Å². The Bertz CT molecular complexity index is 4290. The zero-order chi connectivity index (χ0) is 47.8. The maximum atomic E-state index is 17.1. The molecule has 0 atom stereocenters. The van der Waals surface area contributed by atoms with Crippen molar-refractivity contribution in [2.75, 3.05) is 0 Å². The van der Waals surface area contributed by atoms with E-state index in [2.05, 4.69) is 39.5 Å². The highest BCUT2D eigenvalue weighted by molar-refractivity contribution is 6.15. The molecule has 5 nitrogen and oxygen atoms in total. The molecular weight excluding hydrogens is 898 g/mol. The molecule has 0 fully saturated rings. The van der Waals surface area contributed by atoms with Crippen molar-refractivity contribution in [3.63, 3.8) is 0 Å². The summed E-state index contributed by atoms with van der Waals surface area (Å²) in [6.45, 7) is 0. The number of nitriles is 1. The molecule has 4 aromatic heterocycles. The zero-order valence-electron chi connectivity index (χ0n) is 37.1. The first-order valence-corrected chi connectivity index (χ1v) is 22.9. The number of rotatable bonds is 5. The summed E-state index contributed by atoms with van der Waals surface area (Å²) in [6, 6.07) is 64.3. The van der Waals surface area contributed by atoms with Crippen molar-refractivity contribution in [2.45, 2.75) is 0 Å². The highest BCUT2D eigenvalue weighted by Gasteiger charge is 2.33. The molecule has 0 aliphatic rings. The number of halogens is 5. The summed E-state index contributed by atoms with van der Waals surface area (Å²) < 4.78 is 88.9. The van der Waals surface area contributed by atoms with E-state index in [-0.39, 0.29) is 22.5 Å². The largest absolute Gasteiger partial charge is 0.309 e. The molecule has 0 unspecified atom stereocenters. The molecule has 0 bridgehead atoms. The lowest BCUT2D eigenvalue weighted by molar-refractivity contribution is 0.381. The average molecular weight is 930 g/mol. The molecule has 10 aromatic carbocycles. The van der Waals surface area contributed by atoms with Crippen LogP contribution in [0.3, 0.4) is 0 Å². The van der Waals surface area contributed by atoms with Crippen LogP contribution in [0.5, 0.6) is 0 Å². The molecule has 0 aliphatic heterocycles. The van der Waals surface area contributed by atoms with Gasteiger partial charge in [0.2, 0.25) is 5.82 Å². The number of fused-ring (bicyclic) bond motifs is 12. The number of hydrogen-bond acceptors (Lipinski definition) is 1. The van der Waals surface area contributed by atoms with E-state index in [1.807, 2.05) is 158 Å². The minimum Gasteiger partial charge on any atom is -0.309 e. The Kier molecular flexibility index (Phi) is 8.59. The summed E-state index contributed by atoms with van der Waals surface area (Å²) in [4.78, 5) is 0. The second-order valence-electron chi connectivity index (χ2n) is 17.8. The van der Waals surface area contributed by atoms with Crippen molar-refractivity contribution in [3.8, 4) is 39.9 Å². The van der Waals surface area contributed by atoms with E-state index in [0.717, 1.165) is 76.5 Å². The van der Waals surface area contributed by atoms with Crippen LogP contribution in [0.15, 0.2) is 194 Å². The molecule has 10 heteroatoms. The molecule has 14 aromatic rings. The van der Waals surface area contributed by atoms with E-state index in [4.69, 9.17) is 0 Å². The van der Waals surface area contributed by atoms with Gasteiger partial charge < -0.3 is 18.3 Å². The Hall–Kier alpha value is -9.46. The smallest absolute Gasteiger partial charge is 0.200 e.